The average Bonchev–Trinajstić information content (AvgIpc) is 2.71. The summed E-state index contributed by atoms with van der Waals surface area (Å²) >= 11 is 0. The Bertz CT molecular complexity index is 1050. The van der Waals surface area contributed by atoms with Crippen molar-refractivity contribution in [1.29, 1.82) is 0 Å². The largest absolute Gasteiger partial charge is 0.430 e. The molecule has 2 aromatic rings. The van der Waals surface area contributed by atoms with E-state index in [0.717, 1.165) is 27.1 Å². The summed E-state index contributed by atoms with van der Waals surface area (Å²) in [4.78, 5) is 16.9. The maximum Gasteiger partial charge on any atom is 0.430 e. The molecule has 0 heterocycles. The molecule has 0 aliphatic carbocycles. The fraction of sp³-hybridized carbons (Fsp3) is 0.381. The first-order valence-corrected chi connectivity index (χ1v) is 9.33. The number of carbonyl (C=O) groups excluding carboxylic acids is 1. The Kier molecular flexibility index (Phi) is 7.15. The number of hydrogen-bond donors (Lipinski definition) is 1. The molecule has 12 heteroatoms. The lowest BCUT2D eigenvalue weighted by atomic mass is 9.86. The maximum atomic E-state index is 15.1. The van der Waals surface area contributed by atoms with Crippen molar-refractivity contribution in [3.05, 3.63) is 58.2 Å². The van der Waals surface area contributed by atoms with Crippen LogP contribution in [0.3, 0.4) is 0 Å². The van der Waals surface area contributed by atoms with Crippen LogP contribution in [0.1, 0.15) is 34.0 Å². The third-order valence-corrected chi connectivity index (χ3v) is 5.19. The van der Waals surface area contributed by atoms with Crippen LogP contribution in [0.25, 0.3) is 11.1 Å². The number of carbonyl (C=O) groups is 1. The summed E-state index contributed by atoms with van der Waals surface area (Å²) in [7, 11) is 2.28. The van der Waals surface area contributed by atoms with Crippen molar-refractivity contribution in [1.82, 2.24) is 5.06 Å². The normalized spacial score (nSPS) is 12.8. The van der Waals surface area contributed by atoms with Gasteiger partial charge in [-0.15, -0.1) is 0 Å². The lowest BCUT2D eigenvalue weighted by Crippen LogP contribution is -2.53. The number of benzene rings is 2. The Morgan fingerprint density at radius 1 is 1.06 bits per heavy atom. The number of aryl methyl sites for hydroxylation is 1. The van der Waals surface area contributed by atoms with Gasteiger partial charge in [0, 0.05) is 18.2 Å². The van der Waals surface area contributed by atoms with E-state index in [1.807, 2.05) is 0 Å². The smallest absolute Gasteiger partial charge is 0.369 e. The molecule has 0 aliphatic rings. The van der Waals surface area contributed by atoms with E-state index in [2.05, 4.69) is 4.84 Å². The van der Waals surface area contributed by atoms with Crippen molar-refractivity contribution in [2.45, 2.75) is 38.2 Å². The molecule has 0 aromatic heterocycles. The minimum atomic E-state index is -6.10. The number of halogens is 8. The first kappa shape index (κ1) is 26.5. The standard InChI is InChI=1S/C21H19F8NO3/c1-5-12-16(15(22)9-14(17(12)23)18(31)30(3)33-4)13-7-6-11(8-10(13)2)19(32,20(24,25)26)21(27,28)29/h6-9,32H,5H2,1-4H3. The summed E-state index contributed by atoms with van der Waals surface area (Å²) in [5.41, 5.74) is -8.62. The molecule has 0 atom stereocenters. The van der Waals surface area contributed by atoms with Crippen molar-refractivity contribution in [3.8, 4) is 11.1 Å². The Hall–Kier alpha value is -2.73. The van der Waals surface area contributed by atoms with Crippen LogP contribution in [0.5, 0.6) is 0 Å². The summed E-state index contributed by atoms with van der Waals surface area (Å²) in [6, 6.07) is 2.05. The Morgan fingerprint density at radius 3 is 2.03 bits per heavy atom. The minimum absolute atomic E-state index is 0.161. The molecule has 0 bridgehead atoms. The van der Waals surface area contributed by atoms with Gasteiger partial charge in [-0.05, 0) is 36.1 Å². The maximum absolute atomic E-state index is 15.1. The topological polar surface area (TPSA) is 49.8 Å². The Balaban J connectivity index is 2.75. The predicted octanol–water partition coefficient (Wildman–Crippen LogP) is 5.45. The van der Waals surface area contributed by atoms with Crippen molar-refractivity contribution in [2.75, 3.05) is 14.2 Å². The molecule has 0 unspecified atom stereocenters. The molecule has 0 saturated carbocycles. The SMILES string of the molecule is CCc1c(F)c(C(=O)N(C)OC)cc(F)c1-c1ccc(C(O)(C(F)(F)F)C(F)(F)F)cc1C. The Labute approximate surface area is 183 Å². The molecule has 2 aromatic carbocycles. The van der Waals surface area contributed by atoms with Gasteiger partial charge >= 0.3 is 12.4 Å². The molecular formula is C21H19F8NO3. The van der Waals surface area contributed by atoms with Crippen LogP contribution in [0.4, 0.5) is 35.1 Å². The summed E-state index contributed by atoms with van der Waals surface area (Å²) in [5, 5.41) is 10.2. The van der Waals surface area contributed by atoms with Gasteiger partial charge in [0.15, 0.2) is 0 Å². The van der Waals surface area contributed by atoms with Gasteiger partial charge in [0.1, 0.15) is 11.6 Å². The molecule has 0 fully saturated rings. The van der Waals surface area contributed by atoms with Crippen molar-refractivity contribution in [2.24, 2.45) is 0 Å². The molecular weight excluding hydrogens is 466 g/mol. The number of nitrogens with zero attached hydrogens (tertiary/aromatic N) is 1. The number of hydrogen-bond acceptors (Lipinski definition) is 3. The van der Waals surface area contributed by atoms with E-state index < -0.39 is 52.2 Å². The van der Waals surface area contributed by atoms with E-state index in [-0.39, 0.29) is 23.1 Å². The third-order valence-electron chi connectivity index (χ3n) is 5.19. The van der Waals surface area contributed by atoms with Gasteiger partial charge in [0.2, 0.25) is 0 Å². The first-order chi connectivity index (χ1) is 15.0. The molecule has 182 valence electrons. The lowest BCUT2D eigenvalue weighted by Gasteiger charge is -2.33. The Morgan fingerprint density at radius 2 is 1.61 bits per heavy atom. The van der Waals surface area contributed by atoms with Gasteiger partial charge in [0.25, 0.3) is 11.5 Å². The van der Waals surface area contributed by atoms with E-state index in [0.29, 0.717) is 23.3 Å². The fourth-order valence-electron chi connectivity index (χ4n) is 3.37. The second-order valence-corrected chi connectivity index (χ2v) is 7.15. The number of hydroxylamine groups is 2. The second kappa shape index (κ2) is 8.90. The van der Waals surface area contributed by atoms with Gasteiger partial charge in [-0.2, -0.15) is 26.3 Å². The summed E-state index contributed by atoms with van der Waals surface area (Å²) in [6.45, 7) is 2.51. The monoisotopic (exact) mass is 485 g/mol. The molecule has 0 spiro atoms. The van der Waals surface area contributed by atoms with Gasteiger partial charge in [0.05, 0.1) is 12.7 Å². The average molecular weight is 485 g/mol. The number of aliphatic hydroxyl groups is 1. The van der Waals surface area contributed by atoms with E-state index in [9.17, 15) is 40.6 Å². The molecule has 33 heavy (non-hydrogen) atoms. The summed E-state index contributed by atoms with van der Waals surface area (Å²) in [6.07, 6.45) is -12.4. The van der Waals surface area contributed by atoms with Crippen LogP contribution in [0.2, 0.25) is 0 Å². The van der Waals surface area contributed by atoms with E-state index in [1.54, 1.807) is 0 Å². The van der Waals surface area contributed by atoms with Crippen LogP contribution < -0.4 is 0 Å². The van der Waals surface area contributed by atoms with Gasteiger partial charge in [-0.1, -0.05) is 25.1 Å². The minimum Gasteiger partial charge on any atom is -0.369 e. The van der Waals surface area contributed by atoms with E-state index >= 15 is 4.39 Å². The molecule has 0 saturated heterocycles. The number of rotatable bonds is 5. The highest BCUT2D eigenvalue weighted by atomic mass is 19.4. The van der Waals surface area contributed by atoms with E-state index in [1.165, 1.54) is 6.92 Å². The molecule has 1 amide bonds. The summed E-state index contributed by atoms with van der Waals surface area (Å²) < 4.78 is 109. The highest BCUT2D eigenvalue weighted by Crippen LogP contribution is 2.50. The predicted molar refractivity (Wildman–Crippen MR) is 101 cm³/mol. The third kappa shape index (κ3) is 4.41. The van der Waals surface area contributed by atoms with Gasteiger partial charge in [-0.3, -0.25) is 9.63 Å². The summed E-state index contributed by atoms with van der Waals surface area (Å²) in [5.74, 6) is -3.25. The van der Waals surface area contributed by atoms with Crippen LogP contribution in [0.15, 0.2) is 24.3 Å². The van der Waals surface area contributed by atoms with Crippen molar-refractivity contribution < 1.29 is 49.9 Å². The molecule has 1 N–H and O–H groups in total. The molecule has 4 nitrogen and oxygen atoms in total. The second-order valence-electron chi connectivity index (χ2n) is 7.15. The zero-order valence-corrected chi connectivity index (χ0v) is 17.8. The highest BCUT2D eigenvalue weighted by molar-refractivity contribution is 5.95. The van der Waals surface area contributed by atoms with Gasteiger partial charge in [-0.25, -0.2) is 13.8 Å². The zero-order valence-electron chi connectivity index (χ0n) is 17.8. The lowest BCUT2D eigenvalue weighted by molar-refractivity contribution is -0.376. The number of amides is 1. The first-order valence-electron chi connectivity index (χ1n) is 9.33. The number of alkyl halides is 6. The van der Waals surface area contributed by atoms with Crippen LogP contribution in [-0.2, 0) is 16.9 Å². The zero-order chi connectivity index (χ0) is 25.5. The molecule has 0 aliphatic heterocycles. The fourth-order valence-corrected chi connectivity index (χ4v) is 3.37. The van der Waals surface area contributed by atoms with E-state index in [4.69, 9.17) is 0 Å². The quantitative estimate of drug-likeness (QED) is 0.453. The van der Waals surface area contributed by atoms with Crippen molar-refractivity contribution in [3.63, 3.8) is 0 Å². The van der Waals surface area contributed by atoms with Crippen LogP contribution in [0, 0.1) is 18.6 Å². The van der Waals surface area contributed by atoms with Crippen molar-refractivity contribution >= 4 is 5.91 Å². The van der Waals surface area contributed by atoms with Crippen LogP contribution >= 0.6 is 0 Å². The van der Waals surface area contributed by atoms with Gasteiger partial charge < -0.3 is 5.11 Å². The molecule has 2 rings (SSSR count). The van der Waals surface area contributed by atoms with Crippen LogP contribution in [-0.4, -0.2) is 42.6 Å². The highest BCUT2D eigenvalue weighted by Gasteiger charge is 2.71. The molecule has 0 radical (unpaired) electrons.